The lowest BCUT2D eigenvalue weighted by Crippen LogP contribution is -2.33. The fraction of sp³-hybridized carbons (Fsp3) is 0.667. The van der Waals surface area contributed by atoms with Gasteiger partial charge >= 0.3 is 0 Å². The van der Waals surface area contributed by atoms with E-state index in [4.69, 9.17) is 0 Å². The molecule has 1 aromatic rings. The smallest absolute Gasteiger partial charge is 0.127 e. The highest BCUT2D eigenvalue weighted by molar-refractivity contribution is 5.23. The largest absolute Gasteiger partial charge is 0.312 e. The quantitative estimate of drug-likeness (QED) is 0.785. The van der Waals surface area contributed by atoms with Gasteiger partial charge in [0.05, 0.1) is 0 Å². The van der Waals surface area contributed by atoms with E-state index in [-0.39, 0.29) is 5.82 Å². The van der Waals surface area contributed by atoms with E-state index in [0.717, 1.165) is 23.6 Å². The molecule has 20 heavy (non-hydrogen) atoms. The van der Waals surface area contributed by atoms with E-state index >= 15 is 0 Å². The molecule has 1 saturated carbocycles. The van der Waals surface area contributed by atoms with Gasteiger partial charge in [-0.2, -0.15) is 0 Å². The number of nitrogens with one attached hydrogen (secondary N) is 1. The van der Waals surface area contributed by atoms with Gasteiger partial charge in [0.1, 0.15) is 5.82 Å². The number of hydrogen-bond acceptors (Lipinski definition) is 1. The monoisotopic (exact) mass is 277 g/mol. The number of hydrogen-bond donors (Lipinski definition) is 1. The summed E-state index contributed by atoms with van der Waals surface area (Å²) in [6, 6.07) is 5.36. The molecule has 0 saturated heterocycles. The van der Waals surface area contributed by atoms with Gasteiger partial charge in [0, 0.05) is 18.7 Å². The van der Waals surface area contributed by atoms with Gasteiger partial charge in [0.2, 0.25) is 0 Å². The average molecular weight is 277 g/mol. The Balaban J connectivity index is 1.91. The number of halogens is 1. The topological polar surface area (TPSA) is 12.0 Å². The first-order valence-electron chi connectivity index (χ1n) is 7.96. The second-order valence-corrected chi connectivity index (χ2v) is 7.00. The minimum Gasteiger partial charge on any atom is -0.312 e. The highest BCUT2D eigenvalue weighted by Crippen LogP contribution is 2.42. The average Bonchev–Trinajstić information content (AvgIpc) is 2.81. The second kappa shape index (κ2) is 6.71. The van der Waals surface area contributed by atoms with Crippen molar-refractivity contribution in [3.05, 3.63) is 35.1 Å². The molecule has 0 spiro atoms. The molecule has 1 fully saturated rings. The maximum Gasteiger partial charge on any atom is 0.127 e. The highest BCUT2D eigenvalue weighted by atomic mass is 19.1. The molecule has 0 bridgehead atoms. The van der Waals surface area contributed by atoms with Crippen LogP contribution in [0.4, 0.5) is 4.39 Å². The van der Waals surface area contributed by atoms with Gasteiger partial charge in [-0.3, -0.25) is 0 Å². The Morgan fingerprint density at radius 1 is 1.25 bits per heavy atom. The predicted molar refractivity (Wildman–Crippen MR) is 83.2 cm³/mol. The van der Waals surface area contributed by atoms with Crippen LogP contribution in [0.3, 0.4) is 0 Å². The van der Waals surface area contributed by atoms with Crippen molar-refractivity contribution in [3.63, 3.8) is 0 Å². The number of rotatable bonds is 6. The summed E-state index contributed by atoms with van der Waals surface area (Å²) >= 11 is 0. The van der Waals surface area contributed by atoms with Crippen LogP contribution >= 0.6 is 0 Å². The van der Waals surface area contributed by atoms with E-state index in [9.17, 15) is 4.39 Å². The molecular formula is C18H28FN. The predicted octanol–water partition coefficient (Wildman–Crippen LogP) is 4.83. The van der Waals surface area contributed by atoms with Crippen LogP contribution in [-0.4, -0.2) is 6.54 Å². The van der Waals surface area contributed by atoms with E-state index in [1.807, 2.05) is 19.1 Å². The van der Waals surface area contributed by atoms with Crippen LogP contribution in [-0.2, 0) is 6.54 Å². The van der Waals surface area contributed by atoms with Crippen molar-refractivity contribution >= 4 is 0 Å². The molecule has 0 unspecified atom stereocenters. The van der Waals surface area contributed by atoms with Crippen LogP contribution in [0.25, 0.3) is 0 Å². The first-order chi connectivity index (χ1) is 9.51. The molecule has 1 nitrogen and oxygen atoms in total. The fourth-order valence-electron chi connectivity index (χ4n) is 3.75. The molecule has 0 atom stereocenters. The minimum atomic E-state index is -0.0903. The molecule has 1 aliphatic rings. The lowest BCUT2D eigenvalue weighted by Gasteiger charge is -2.31. The van der Waals surface area contributed by atoms with E-state index in [1.54, 1.807) is 6.07 Å². The third-order valence-electron chi connectivity index (χ3n) is 4.52. The molecule has 0 amide bonds. The van der Waals surface area contributed by atoms with Gasteiger partial charge in [-0.1, -0.05) is 44.4 Å². The Morgan fingerprint density at radius 2 is 1.95 bits per heavy atom. The van der Waals surface area contributed by atoms with Gasteiger partial charge < -0.3 is 5.32 Å². The van der Waals surface area contributed by atoms with E-state index in [0.29, 0.717) is 12.0 Å². The van der Waals surface area contributed by atoms with Crippen LogP contribution in [0.15, 0.2) is 18.2 Å². The lowest BCUT2D eigenvalue weighted by molar-refractivity contribution is 0.223. The van der Waals surface area contributed by atoms with E-state index < -0.39 is 0 Å². The van der Waals surface area contributed by atoms with Crippen LogP contribution in [0.5, 0.6) is 0 Å². The number of aryl methyl sites for hydroxylation is 1. The Morgan fingerprint density at radius 3 is 2.60 bits per heavy atom. The summed E-state index contributed by atoms with van der Waals surface area (Å²) in [7, 11) is 0. The number of benzene rings is 1. The summed E-state index contributed by atoms with van der Waals surface area (Å²) in [6.07, 6.45) is 6.65. The standard InChI is InChI=1S/C18H28FN/c1-14(2)11-18(8-4-5-9-18)13-20-12-16-10-15(3)6-7-17(16)19/h6-7,10,14,20H,4-5,8-9,11-13H2,1-3H3. The summed E-state index contributed by atoms with van der Waals surface area (Å²) in [5.74, 6) is 0.651. The summed E-state index contributed by atoms with van der Waals surface area (Å²) in [5.41, 5.74) is 2.37. The molecule has 112 valence electrons. The Kier molecular flexibility index (Phi) is 5.20. The Bertz CT molecular complexity index is 433. The molecule has 2 heteroatoms. The van der Waals surface area contributed by atoms with Crippen molar-refractivity contribution in [2.45, 2.75) is 59.4 Å². The molecular weight excluding hydrogens is 249 g/mol. The zero-order valence-corrected chi connectivity index (χ0v) is 13.1. The lowest BCUT2D eigenvalue weighted by atomic mass is 9.78. The molecule has 1 aliphatic carbocycles. The van der Waals surface area contributed by atoms with Crippen molar-refractivity contribution in [2.24, 2.45) is 11.3 Å². The van der Waals surface area contributed by atoms with Crippen LogP contribution in [0.2, 0.25) is 0 Å². The van der Waals surface area contributed by atoms with Crippen molar-refractivity contribution in [3.8, 4) is 0 Å². The van der Waals surface area contributed by atoms with Crippen LogP contribution in [0, 0.1) is 24.1 Å². The molecule has 0 radical (unpaired) electrons. The summed E-state index contributed by atoms with van der Waals surface area (Å²) in [5, 5.41) is 3.52. The molecule has 2 rings (SSSR count). The Labute approximate surface area is 123 Å². The molecule has 0 aliphatic heterocycles. The third kappa shape index (κ3) is 4.05. The van der Waals surface area contributed by atoms with E-state index in [1.165, 1.54) is 32.1 Å². The summed E-state index contributed by atoms with van der Waals surface area (Å²) in [6.45, 7) is 8.30. The van der Waals surface area contributed by atoms with Crippen molar-refractivity contribution in [1.82, 2.24) is 5.32 Å². The molecule has 0 aromatic heterocycles. The first-order valence-corrected chi connectivity index (χ1v) is 7.96. The zero-order valence-electron chi connectivity index (χ0n) is 13.1. The van der Waals surface area contributed by atoms with Gasteiger partial charge in [-0.05, 0) is 43.6 Å². The summed E-state index contributed by atoms with van der Waals surface area (Å²) < 4.78 is 13.7. The second-order valence-electron chi connectivity index (χ2n) is 7.00. The van der Waals surface area contributed by atoms with Crippen molar-refractivity contribution in [1.29, 1.82) is 0 Å². The first kappa shape index (κ1) is 15.5. The zero-order chi connectivity index (χ0) is 14.6. The molecule has 1 N–H and O–H groups in total. The van der Waals surface area contributed by atoms with Gasteiger partial charge in [0.25, 0.3) is 0 Å². The maximum atomic E-state index is 13.7. The van der Waals surface area contributed by atoms with Gasteiger partial charge in [0.15, 0.2) is 0 Å². The van der Waals surface area contributed by atoms with Crippen molar-refractivity contribution < 1.29 is 4.39 Å². The minimum absolute atomic E-state index is 0.0903. The highest BCUT2D eigenvalue weighted by Gasteiger charge is 2.33. The van der Waals surface area contributed by atoms with E-state index in [2.05, 4.69) is 19.2 Å². The normalized spacial score (nSPS) is 17.9. The summed E-state index contributed by atoms with van der Waals surface area (Å²) in [4.78, 5) is 0. The maximum absolute atomic E-state index is 13.7. The van der Waals surface area contributed by atoms with Crippen LogP contribution < -0.4 is 5.32 Å². The third-order valence-corrected chi connectivity index (χ3v) is 4.52. The Hall–Kier alpha value is -0.890. The fourth-order valence-corrected chi connectivity index (χ4v) is 3.75. The van der Waals surface area contributed by atoms with Crippen molar-refractivity contribution in [2.75, 3.05) is 6.54 Å². The van der Waals surface area contributed by atoms with Gasteiger partial charge in [-0.25, -0.2) is 4.39 Å². The van der Waals surface area contributed by atoms with Crippen LogP contribution in [0.1, 0.15) is 57.1 Å². The molecule has 0 heterocycles. The SMILES string of the molecule is Cc1ccc(F)c(CNCC2(CC(C)C)CCCC2)c1. The van der Waals surface area contributed by atoms with Gasteiger partial charge in [-0.15, -0.1) is 0 Å². The molecule has 1 aromatic carbocycles.